The van der Waals surface area contributed by atoms with E-state index in [1.54, 1.807) is 43.0 Å². The third-order valence-corrected chi connectivity index (χ3v) is 5.73. The van der Waals surface area contributed by atoms with Gasteiger partial charge in [0.2, 0.25) is 15.9 Å². The molecule has 2 rings (SSSR count). The Kier molecular flexibility index (Phi) is 7.11. The normalized spacial score (nSPS) is 15.7. The van der Waals surface area contributed by atoms with Crippen molar-refractivity contribution in [2.24, 2.45) is 0 Å². The van der Waals surface area contributed by atoms with Gasteiger partial charge in [0.25, 0.3) is 0 Å². The van der Waals surface area contributed by atoms with E-state index in [2.05, 4.69) is 0 Å². The molecule has 0 aliphatic carbocycles. The predicted octanol–water partition coefficient (Wildman–Crippen LogP) is 1.15. The minimum Gasteiger partial charge on any atom is -0.497 e. The summed E-state index contributed by atoms with van der Waals surface area (Å²) in [5, 5.41) is 0. The topological polar surface area (TPSA) is 96.5 Å². The molecule has 1 aliphatic heterocycles. The number of carbonyl (C=O) groups excluding carboxylic acids is 2. The number of piperazine rings is 1. The van der Waals surface area contributed by atoms with Gasteiger partial charge in [-0.25, -0.2) is 13.2 Å². The Morgan fingerprint density at radius 3 is 2.32 bits per heavy atom. The van der Waals surface area contributed by atoms with E-state index in [4.69, 9.17) is 9.47 Å². The Bertz CT molecular complexity index is 805. The fourth-order valence-corrected chi connectivity index (χ4v) is 4.30. The minimum absolute atomic E-state index is 0.291. The first-order valence-corrected chi connectivity index (χ1v) is 10.9. The van der Waals surface area contributed by atoms with Crippen LogP contribution in [0.3, 0.4) is 0 Å². The van der Waals surface area contributed by atoms with Crippen molar-refractivity contribution in [3.63, 3.8) is 0 Å². The van der Waals surface area contributed by atoms with Gasteiger partial charge < -0.3 is 19.3 Å². The van der Waals surface area contributed by atoms with Crippen LogP contribution in [-0.4, -0.2) is 82.4 Å². The summed E-state index contributed by atoms with van der Waals surface area (Å²) >= 11 is 0. The van der Waals surface area contributed by atoms with Crippen LogP contribution in [0.2, 0.25) is 0 Å². The summed E-state index contributed by atoms with van der Waals surface area (Å²) in [6, 6.07) is 5.62. The molecule has 1 saturated heterocycles. The fraction of sp³-hybridized carbons (Fsp3) is 0.556. The molecule has 2 amide bonds. The van der Waals surface area contributed by atoms with Crippen molar-refractivity contribution in [3.8, 4) is 5.75 Å². The molecule has 0 saturated carbocycles. The lowest BCUT2D eigenvalue weighted by molar-refractivity contribution is -0.133. The molecule has 1 atom stereocenters. The van der Waals surface area contributed by atoms with Gasteiger partial charge in [0.15, 0.2) is 0 Å². The van der Waals surface area contributed by atoms with Crippen molar-refractivity contribution in [2.75, 3.05) is 50.5 Å². The Labute approximate surface area is 165 Å². The number of hydrogen-bond acceptors (Lipinski definition) is 6. The molecule has 1 aromatic carbocycles. The standard InChI is InChI=1S/C18H27N3O6S/c1-5-27-18(23)20-11-9-19(10-12-20)17(22)14(2)21(28(4,24)25)15-7-6-8-16(13-15)26-3/h6-8,13-14H,5,9-12H2,1-4H3/t14-/m1/s1. The van der Waals surface area contributed by atoms with E-state index in [9.17, 15) is 18.0 Å². The minimum atomic E-state index is -3.71. The van der Waals surface area contributed by atoms with Crippen molar-refractivity contribution in [1.29, 1.82) is 0 Å². The molecule has 1 aromatic rings. The molecule has 1 heterocycles. The first-order valence-electron chi connectivity index (χ1n) is 9.03. The quantitative estimate of drug-likeness (QED) is 0.694. The van der Waals surface area contributed by atoms with E-state index in [-0.39, 0.29) is 5.91 Å². The highest BCUT2D eigenvalue weighted by Crippen LogP contribution is 2.26. The second-order valence-electron chi connectivity index (χ2n) is 6.45. The zero-order chi connectivity index (χ0) is 20.9. The molecule has 0 unspecified atom stereocenters. The molecule has 0 bridgehead atoms. The highest BCUT2D eigenvalue weighted by atomic mass is 32.2. The van der Waals surface area contributed by atoms with Crippen LogP contribution in [-0.2, 0) is 19.6 Å². The highest BCUT2D eigenvalue weighted by molar-refractivity contribution is 7.92. The van der Waals surface area contributed by atoms with Gasteiger partial charge in [0, 0.05) is 32.2 Å². The van der Waals surface area contributed by atoms with Gasteiger partial charge in [-0.1, -0.05) is 6.07 Å². The van der Waals surface area contributed by atoms with Crippen LogP contribution in [0, 0.1) is 0 Å². The Morgan fingerprint density at radius 2 is 1.79 bits per heavy atom. The second-order valence-corrected chi connectivity index (χ2v) is 8.31. The molecule has 10 heteroatoms. The Hall–Kier alpha value is -2.49. The molecule has 1 fully saturated rings. The summed E-state index contributed by atoms with van der Waals surface area (Å²) in [5.41, 5.74) is 0.354. The number of benzene rings is 1. The van der Waals surface area contributed by atoms with Gasteiger partial charge in [-0.15, -0.1) is 0 Å². The van der Waals surface area contributed by atoms with Crippen LogP contribution in [0.25, 0.3) is 0 Å². The van der Waals surface area contributed by atoms with Crippen LogP contribution in [0.15, 0.2) is 24.3 Å². The van der Waals surface area contributed by atoms with E-state index in [0.29, 0.717) is 44.2 Å². The number of sulfonamides is 1. The molecule has 0 aromatic heterocycles. The molecule has 9 nitrogen and oxygen atoms in total. The third-order valence-electron chi connectivity index (χ3n) is 4.49. The van der Waals surface area contributed by atoms with Crippen LogP contribution >= 0.6 is 0 Å². The van der Waals surface area contributed by atoms with E-state index in [1.807, 2.05) is 0 Å². The van der Waals surface area contributed by atoms with E-state index in [0.717, 1.165) is 10.6 Å². The summed E-state index contributed by atoms with van der Waals surface area (Å²) in [6.45, 7) is 4.90. The first kappa shape index (κ1) is 21.8. The van der Waals surface area contributed by atoms with Crippen molar-refractivity contribution in [1.82, 2.24) is 9.80 Å². The number of carbonyl (C=O) groups is 2. The molecular formula is C18H27N3O6S. The molecular weight excluding hydrogens is 386 g/mol. The summed E-state index contributed by atoms with van der Waals surface area (Å²) < 4.78 is 36.1. The second kappa shape index (κ2) is 9.13. The van der Waals surface area contributed by atoms with Gasteiger partial charge in [-0.3, -0.25) is 9.10 Å². The van der Waals surface area contributed by atoms with Crippen molar-refractivity contribution in [2.45, 2.75) is 19.9 Å². The van der Waals surface area contributed by atoms with Gasteiger partial charge >= 0.3 is 6.09 Å². The summed E-state index contributed by atoms with van der Waals surface area (Å²) in [5.74, 6) is 0.172. The van der Waals surface area contributed by atoms with Gasteiger partial charge in [0.05, 0.1) is 25.7 Å². The Morgan fingerprint density at radius 1 is 1.18 bits per heavy atom. The van der Waals surface area contributed by atoms with Gasteiger partial charge in [0.1, 0.15) is 11.8 Å². The molecule has 28 heavy (non-hydrogen) atoms. The smallest absolute Gasteiger partial charge is 0.409 e. The molecule has 156 valence electrons. The van der Waals surface area contributed by atoms with Crippen molar-refractivity contribution >= 4 is 27.7 Å². The summed E-state index contributed by atoms with van der Waals surface area (Å²) in [6.07, 6.45) is 0.659. The SMILES string of the molecule is CCOC(=O)N1CCN(C(=O)[C@@H](C)N(c2cccc(OC)c2)S(C)(=O)=O)CC1. The number of amides is 2. The zero-order valence-corrected chi connectivity index (χ0v) is 17.4. The lowest BCUT2D eigenvalue weighted by atomic mass is 10.2. The lowest BCUT2D eigenvalue weighted by Crippen LogP contribution is -2.56. The van der Waals surface area contributed by atoms with Crippen LogP contribution in [0.5, 0.6) is 5.75 Å². The fourth-order valence-electron chi connectivity index (χ4n) is 3.14. The van der Waals surface area contributed by atoms with Crippen LogP contribution < -0.4 is 9.04 Å². The maximum atomic E-state index is 13.0. The average Bonchev–Trinajstić information content (AvgIpc) is 2.67. The maximum Gasteiger partial charge on any atom is 0.409 e. The predicted molar refractivity (Wildman–Crippen MR) is 105 cm³/mol. The zero-order valence-electron chi connectivity index (χ0n) is 16.6. The first-order chi connectivity index (χ1) is 13.2. The maximum absolute atomic E-state index is 13.0. The molecule has 0 radical (unpaired) electrons. The monoisotopic (exact) mass is 413 g/mol. The number of methoxy groups -OCH3 is 1. The van der Waals surface area contributed by atoms with Crippen LogP contribution in [0.4, 0.5) is 10.5 Å². The molecule has 0 spiro atoms. The molecule has 0 N–H and O–H groups in total. The van der Waals surface area contributed by atoms with E-state index >= 15 is 0 Å². The third kappa shape index (κ3) is 5.06. The largest absolute Gasteiger partial charge is 0.497 e. The number of nitrogens with zero attached hydrogens (tertiary/aromatic N) is 3. The summed E-state index contributed by atoms with van der Waals surface area (Å²) in [7, 11) is -2.22. The lowest BCUT2D eigenvalue weighted by Gasteiger charge is -2.37. The Balaban J connectivity index is 2.16. The number of anilines is 1. The van der Waals surface area contributed by atoms with Gasteiger partial charge in [-0.05, 0) is 26.0 Å². The summed E-state index contributed by atoms with van der Waals surface area (Å²) in [4.78, 5) is 27.9. The van der Waals surface area contributed by atoms with Crippen molar-refractivity contribution < 1.29 is 27.5 Å². The van der Waals surface area contributed by atoms with Crippen molar-refractivity contribution in [3.05, 3.63) is 24.3 Å². The van der Waals surface area contributed by atoms with E-state index in [1.165, 1.54) is 12.0 Å². The average molecular weight is 413 g/mol. The highest BCUT2D eigenvalue weighted by Gasteiger charge is 2.34. The van der Waals surface area contributed by atoms with E-state index < -0.39 is 22.2 Å². The number of rotatable bonds is 6. The van der Waals surface area contributed by atoms with Crippen LogP contribution in [0.1, 0.15) is 13.8 Å². The number of hydrogen-bond donors (Lipinski definition) is 0. The van der Waals surface area contributed by atoms with Gasteiger partial charge in [-0.2, -0.15) is 0 Å². The number of ether oxygens (including phenoxy) is 2. The molecule has 1 aliphatic rings.